The van der Waals surface area contributed by atoms with E-state index in [4.69, 9.17) is 4.74 Å². The standard InChI is InChI=1S/C22H30N2O3S/c1-3-27-20-8-6-18(7-9-20)4-5-19-10-13-23(14-11-19)21(25)12-15-24-17(2)16-28-22(24)26/h6-9,16,19H,3-5,10-15H2,1-2H3. The fourth-order valence-corrected chi connectivity index (χ4v) is 4.56. The molecule has 5 nitrogen and oxygen atoms in total. The first-order chi connectivity index (χ1) is 13.6. The molecule has 1 fully saturated rings. The average Bonchev–Trinajstić information content (AvgIpc) is 3.04. The smallest absolute Gasteiger partial charge is 0.307 e. The number of thiazole rings is 1. The minimum absolute atomic E-state index is 0.0262. The van der Waals surface area contributed by atoms with Crippen LogP contribution in [0.4, 0.5) is 0 Å². The van der Waals surface area contributed by atoms with Crippen molar-refractivity contribution < 1.29 is 9.53 Å². The number of ether oxygens (including phenoxy) is 1. The maximum Gasteiger partial charge on any atom is 0.307 e. The number of amides is 1. The van der Waals surface area contributed by atoms with E-state index in [-0.39, 0.29) is 10.8 Å². The fraction of sp³-hybridized carbons (Fsp3) is 0.545. The van der Waals surface area contributed by atoms with Gasteiger partial charge in [-0.3, -0.25) is 9.59 Å². The van der Waals surface area contributed by atoms with E-state index in [1.807, 2.05) is 36.3 Å². The predicted octanol–water partition coefficient (Wildman–Crippen LogP) is 3.88. The molecule has 0 saturated carbocycles. The number of hydrogen-bond donors (Lipinski definition) is 0. The van der Waals surface area contributed by atoms with Gasteiger partial charge in [0.05, 0.1) is 6.61 Å². The molecule has 1 aliphatic rings. The van der Waals surface area contributed by atoms with Crippen molar-refractivity contribution in [2.45, 2.75) is 52.5 Å². The van der Waals surface area contributed by atoms with Gasteiger partial charge in [0.15, 0.2) is 0 Å². The van der Waals surface area contributed by atoms with Crippen LogP contribution in [0.15, 0.2) is 34.4 Å². The van der Waals surface area contributed by atoms with Crippen LogP contribution >= 0.6 is 11.3 Å². The lowest BCUT2D eigenvalue weighted by atomic mass is 9.90. The minimum atomic E-state index is 0.0262. The van der Waals surface area contributed by atoms with Gasteiger partial charge in [0, 0.05) is 37.1 Å². The molecular weight excluding hydrogens is 372 g/mol. The second-order valence-electron chi connectivity index (χ2n) is 7.48. The number of piperidine rings is 1. The van der Waals surface area contributed by atoms with Crippen molar-refractivity contribution in [1.82, 2.24) is 9.47 Å². The highest BCUT2D eigenvalue weighted by Crippen LogP contribution is 2.23. The van der Waals surface area contributed by atoms with E-state index in [2.05, 4.69) is 12.1 Å². The number of carbonyl (C=O) groups is 1. The third kappa shape index (κ3) is 5.47. The molecule has 6 heteroatoms. The van der Waals surface area contributed by atoms with Crippen molar-refractivity contribution in [3.63, 3.8) is 0 Å². The molecule has 0 radical (unpaired) electrons. The van der Waals surface area contributed by atoms with Crippen LogP contribution in [-0.2, 0) is 17.8 Å². The van der Waals surface area contributed by atoms with Gasteiger partial charge >= 0.3 is 4.87 Å². The summed E-state index contributed by atoms with van der Waals surface area (Å²) in [5.41, 5.74) is 2.29. The lowest BCUT2D eigenvalue weighted by Crippen LogP contribution is -2.39. The second-order valence-corrected chi connectivity index (χ2v) is 8.31. The van der Waals surface area contributed by atoms with Crippen LogP contribution in [-0.4, -0.2) is 35.1 Å². The van der Waals surface area contributed by atoms with Crippen molar-refractivity contribution in [1.29, 1.82) is 0 Å². The van der Waals surface area contributed by atoms with Crippen molar-refractivity contribution >= 4 is 17.2 Å². The van der Waals surface area contributed by atoms with Crippen LogP contribution in [0.1, 0.15) is 43.9 Å². The Bertz CT molecular complexity index is 817. The van der Waals surface area contributed by atoms with Gasteiger partial charge in [-0.2, -0.15) is 0 Å². The molecule has 0 aliphatic carbocycles. The summed E-state index contributed by atoms with van der Waals surface area (Å²) in [6, 6.07) is 8.39. The molecule has 0 N–H and O–H groups in total. The Morgan fingerprint density at radius 1 is 1.21 bits per heavy atom. The summed E-state index contributed by atoms with van der Waals surface area (Å²) in [4.78, 5) is 26.2. The van der Waals surface area contributed by atoms with Gasteiger partial charge in [-0.25, -0.2) is 0 Å². The van der Waals surface area contributed by atoms with E-state index in [1.54, 1.807) is 4.57 Å². The number of nitrogens with zero attached hydrogens (tertiary/aromatic N) is 2. The van der Waals surface area contributed by atoms with Gasteiger partial charge in [-0.1, -0.05) is 23.5 Å². The SMILES string of the molecule is CCOc1ccc(CCC2CCN(C(=O)CCn3c(C)csc3=O)CC2)cc1. The highest BCUT2D eigenvalue weighted by atomic mass is 32.1. The summed E-state index contributed by atoms with van der Waals surface area (Å²) >= 11 is 1.20. The zero-order valence-corrected chi connectivity index (χ0v) is 17.7. The molecule has 2 aromatic rings. The topological polar surface area (TPSA) is 51.5 Å². The molecule has 1 aromatic carbocycles. The van der Waals surface area contributed by atoms with Crippen LogP contribution in [0.5, 0.6) is 5.75 Å². The minimum Gasteiger partial charge on any atom is -0.494 e. The van der Waals surface area contributed by atoms with Gasteiger partial charge in [0.2, 0.25) is 5.91 Å². The van der Waals surface area contributed by atoms with Gasteiger partial charge in [0.1, 0.15) is 5.75 Å². The Hall–Kier alpha value is -2.08. The van der Waals surface area contributed by atoms with Gasteiger partial charge < -0.3 is 14.2 Å². The highest BCUT2D eigenvalue weighted by molar-refractivity contribution is 7.07. The first-order valence-corrected chi connectivity index (χ1v) is 11.1. The first kappa shape index (κ1) is 20.6. The molecular formula is C22H30N2O3S. The largest absolute Gasteiger partial charge is 0.494 e. The third-order valence-electron chi connectivity index (χ3n) is 5.57. The maximum atomic E-state index is 12.5. The maximum absolute atomic E-state index is 12.5. The van der Waals surface area contributed by atoms with Crippen molar-refractivity contribution in [2.75, 3.05) is 19.7 Å². The fourth-order valence-electron chi connectivity index (χ4n) is 3.80. The molecule has 0 unspecified atom stereocenters. The lowest BCUT2D eigenvalue weighted by Gasteiger charge is -2.32. The van der Waals surface area contributed by atoms with Gasteiger partial charge in [0.25, 0.3) is 0 Å². The molecule has 3 rings (SSSR count). The molecule has 152 valence electrons. The number of likely N-dealkylation sites (tertiary alicyclic amines) is 1. The Kier molecular flexibility index (Phi) is 7.31. The summed E-state index contributed by atoms with van der Waals surface area (Å²) in [7, 11) is 0. The Morgan fingerprint density at radius 2 is 1.93 bits per heavy atom. The normalized spacial score (nSPS) is 15.0. The molecule has 0 spiro atoms. The Morgan fingerprint density at radius 3 is 2.54 bits per heavy atom. The molecule has 1 aromatic heterocycles. The van der Waals surface area contributed by atoms with Crippen molar-refractivity contribution in [3.05, 3.63) is 50.6 Å². The monoisotopic (exact) mass is 402 g/mol. The van der Waals surface area contributed by atoms with E-state index in [0.717, 1.165) is 43.8 Å². The zero-order valence-electron chi connectivity index (χ0n) is 16.9. The zero-order chi connectivity index (χ0) is 19.9. The van der Waals surface area contributed by atoms with E-state index in [1.165, 1.54) is 23.3 Å². The van der Waals surface area contributed by atoms with Crippen molar-refractivity contribution in [3.8, 4) is 5.75 Å². The summed E-state index contributed by atoms with van der Waals surface area (Å²) in [6.07, 6.45) is 4.79. The highest BCUT2D eigenvalue weighted by Gasteiger charge is 2.22. The number of aromatic nitrogens is 1. The molecule has 0 atom stereocenters. The van der Waals surface area contributed by atoms with E-state index >= 15 is 0 Å². The van der Waals surface area contributed by atoms with Gasteiger partial charge in [-0.05, 0) is 63.1 Å². The molecule has 28 heavy (non-hydrogen) atoms. The Labute approximate surface area is 170 Å². The molecule has 0 bridgehead atoms. The number of aryl methyl sites for hydroxylation is 2. The lowest BCUT2D eigenvalue weighted by molar-refractivity contribution is -0.132. The van der Waals surface area contributed by atoms with Crippen LogP contribution in [0.2, 0.25) is 0 Å². The molecule has 1 aliphatic heterocycles. The third-order valence-corrected chi connectivity index (χ3v) is 6.45. The number of rotatable bonds is 8. The van der Waals surface area contributed by atoms with E-state index in [0.29, 0.717) is 25.5 Å². The summed E-state index contributed by atoms with van der Waals surface area (Å²) in [6.45, 7) is 6.77. The van der Waals surface area contributed by atoms with Crippen LogP contribution < -0.4 is 9.61 Å². The molecule has 1 amide bonds. The van der Waals surface area contributed by atoms with Crippen LogP contribution in [0, 0.1) is 12.8 Å². The quantitative estimate of drug-likeness (QED) is 0.673. The van der Waals surface area contributed by atoms with E-state index < -0.39 is 0 Å². The first-order valence-electron chi connectivity index (χ1n) is 10.2. The summed E-state index contributed by atoms with van der Waals surface area (Å²) < 4.78 is 7.19. The second kappa shape index (κ2) is 9.92. The summed E-state index contributed by atoms with van der Waals surface area (Å²) in [5.74, 6) is 1.78. The average molecular weight is 403 g/mol. The van der Waals surface area contributed by atoms with Crippen molar-refractivity contribution in [2.24, 2.45) is 5.92 Å². The number of carbonyl (C=O) groups excluding carboxylic acids is 1. The predicted molar refractivity (Wildman–Crippen MR) is 113 cm³/mol. The van der Waals surface area contributed by atoms with Gasteiger partial charge in [-0.15, -0.1) is 0 Å². The summed E-state index contributed by atoms with van der Waals surface area (Å²) in [5, 5.41) is 1.85. The molecule has 1 saturated heterocycles. The number of hydrogen-bond acceptors (Lipinski definition) is 4. The van der Waals surface area contributed by atoms with E-state index in [9.17, 15) is 9.59 Å². The number of benzene rings is 1. The molecule has 2 heterocycles. The van der Waals surface area contributed by atoms with Crippen LogP contribution in [0.3, 0.4) is 0 Å². The Balaban J connectivity index is 1.39. The van der Waals surface area contributed by atoms with Crippen LogP contribution in [0.25, 0.3) is 0 Å².